The van der Waals surface area contributed by atoms with Crippen LogP contribution in [0.1, 0.15) is 27.2 Å². The van der Waals surface area contributed by atoms with Gasteiger partial charge in [0.1, 0.15) is 0 Å². The van der Waals surface area contributed by atoms with Gasteiger partial charge in [-0.1, -0.05) is 0 Å². The van der Waals surface area contributed by atoms with Crippen molar-refractivity contribution in [2.24, 2.45) is 0 Å². The molecular formula is C13H25N7O. The fourth-order valence-corrected chi connectivity index (χ4v) is 1.52. The second kappa shape index (κ2) is 7.05. The lowest BCUT2D eigenvalue weighted by Gasteiger charge is -2.20. The van der Waals surface area contributed by atoms with Gasteiger partial charge in [-0.15, -0.1) is 0 Å². The van der Waals surface area contributed by atoms with E-state index in [-0.39, 0.29) is 11.4 Å². The maximum atomic E-state index is 11.7. The summed E-state index contributed by atoms with van der Waals surface area (Å²) in [4.78, 5) is 26.2. The van der Waals surface area contributed by atoms with Crippen molar-refractivity contribution in [2.75, 3.05) is 43.2 Å². The van der Waals surface area contributed by atoms with Crippen LogP contribution in [0.15, 0.2) is 0 Å². The first-order valence-corrected chi connectivity index (χ1v) is 6.87. The minimum Gasteiger partial charge on any atom is -0.357 e. The van der Waals surface area contributed by atoms with Crippen molar-refractivity contribution in [3.05, 3.63) is 0 Å². The summed E-state index contributed by atoms with van der Waals surface area (Å²) in [5.74, 6) is 1.47. The van der Waals surface area contributed by atoms with Crippen molar-refractivity contribution < 1.29 is 4.79 Å². The molecule has 21 heavy (non-hydrogen) atoms. The average Bonchev–Trinajstić information content (AvgIpc) is 2.36. The van der Waals surface area contributed by atoms with Gasteiger partial charge >= 0.3 is 0 Å². The molecular weight excluding hydrogens is 270 g/mol. The lowest BCUT2D eigenvalue weighted by molar-refractivity contribution is -0.122. The molecule has 0 aromatic carbocycles. The first kappa shape index (κ1) is 16.9. The van der Waals surface area contributed by atoms with Crippen molar-refractivity contribution in [3.63, 3.8) is 0 Å². The van der Waals surface area contributed by atoms with Crippen LogP contribution < -0.4 is 20.9 Å². The van der Waals surface area contributed by atoms with Crippen molar-refractivity contribution in [3.8, 4) is 0 Å². The number of amides is 1. The molecule has 0 aliphatic heterocycles. The molecule has 1 aromatic heterocycles. The Balaban J connectivity index is 2.59. The number of hydrogen-bond acceptors (Lipinski definition) is 7. The van der Waals surface area contributed by atoms with E-state index >= 15 is 0 Å². The number of anilines is 3. The molecule has 1 aromatic rings. The number of hydrogen-bond donors (Lipinski definition) is 3. The summed E-state index contributed by atoms with van der Waals surface area (Å²) < 4.78 is 0. The van der Waals surface area contributed by atoms with E-state index in [0.29, 0.717) is 30.8 Å². The van der Waals surface area contributed by atoms with Crippen LogP contribution in [0.3, 0.4) is 0 Å². The highest BCUT2D eigenvalue weighted by Crippen LogP contribution is 2.10. The van der Waals surface area contributed by atoms with E-state index in [9.17, 15) is 4.79 Å². The second-order valence-corrected chi connectivity index (χ2v) is 5.90. The SMILES string of the molecule is CNc1nc(NCCC(=O)NC(C)(C)C)nc(N(C)C)n1. The molecule has 0 atom stereocenters. The van der Waals surface area contributed by atoms with Gasteiger partial charge in [-0.05, 0) is 20.8 Å². The highest BCUT2D eigenvalue weighted by molar-refractivity contribution is 5.77. The molecule has 0 bridgehead atoms. The first-order valence-electron chi connectivity index (χ1n) is 6.87. The van der Waals surface area contributed by atoms with Crippen LogP contribution in [0.5, 0.6) is 0 Å². The molecule has 0 fully saturated rings. The fraction of sp³-hybridized carbons (Fsp3) is 0.692. The second-order valence-electron chi connectivity index (χ2n) is 5.90. The summed E-state index contributed by atoms with van der Waals surface area (Å²) in [6, 6.07) is 0. The molecule has 1 heterocycles. The Hall–Kier alpha value is -2.12. The zero-order chi connectivity index (χ0) is 16.0. The Labute approximate surface area is 125 Å². The Morgan fingerprint density at radius 3 is 2.29 bits per heavy atom. The lowest BCUT2D eigenvalue weighted by atomic mass is 10.1. The average molecular weight is 295 g/mol. The molecule has 0 saturated carbocycles. The number of nitrogens with one attached hydrogen (secondary N) is 3. The van der Waals surface area contributed by atoms with Gasteiger partial charge in [-0.25, -0.2) is 0 Å². The maximum Gasteiger partial charge on any atom is 0.231 e. The van der Waals surface area contributed by atoms with E-state index < -0.39 is 0 Å². The number of aromatic nitrogens is 3. The monoisotopic (exact) mass is 295 g/mol. The lowest BCUT2D eigenvalue weighted by Crippen LogP contribution is -2.41. The van der Waals surface area contributed by atoms with Gasteiger partial charge < -0.3 is 20.9 Å². The minimum absolute atomic E-state index is 0.00858. The van der Waals surface area contributed by atoms with Crippen LogP contribution in [-0.2, 0) is 4.79 Å². The summed E-state index contributed by atoms with van der Waals surface area (Å²) in [7, 11) is 5.46. The molecule has 8 nitrogen and oxygen atoms in total. The quantitative estimate of drug-likeness (QED) is 0.711. The van der Waals surface area contributed by atoms with E-state index in [0.717, 1.165) is 0 Å². The van der Waals surface area contributed by atoms with Crippen LogP contribution in [0.2, 0.25) is 0 Å². The molecule has 1 rings (SSSR count). The van der Waals surface area contributed by atoms with Gasteiger partial charge in [0, 0.05) is 39.6 Å². The summed E-state index contributed by atoms with van der Waals surface area (Å²) in [6.45, 7) is 6.31. The van der Waals surface area contributed by atoms with Crippen molar-refractivity contribution in [2.45, 2.75) is 32.7 Å². The Kier molecular flexibility index (Phi) is 5.69. The van der Waals surface area contributed by atoms with Gasteiger partial charge in [0.15, 0.2) is 0 Å². The number of carbonyl (C=O) groups excluding carboxylic acids is 1. The van der Waals surface area contributed by atoms with Gasteiger partial charge in [-0.3, -0.25) is 4.79 Å². The number of nitrogens with zero attached hydrogens (tertiary/aromatic N) is 4. The Bertz CT molecular complexity index is 482. The predicted molar refractivity (Wildman–Crippen MR) is 84.7 cm³/mol. The van der Waals surface area contributed by atoms with Crippen LogP contribution in [0, 0.1) is 0 Å². The molecule has 0 aliphatic carbocycles. The topological polar surface area (TPSA) is 95.1 Å². The molecule has 8 heteroatoms. The van der Waals surface area contributed by atoms with Crippen LogP contribution >= 0.6 is 0 Å². The summed E-state index contributed by atoms with van der Waals surface area (Å²) in [5.41, 5.74) is -0.221. The largest absolute Gasteiger partial charge is 0.357 e. The van der Waals surface area contributed by atoms with Crippen LogP contribution in [0.25, 0.3) is 0 Å². The first-order chi connectivity index (χ1) is 9.71. The Morgan fingerprint density at radius 2 is 1.76 bits per heavy atom. The zero-order valence-corrected chi connectivity index (χ0v) is 13.6. The van der Waals surface area contributed by atoms with E-state index in [1.165, 1.54) is 0 Å². The fourth-order valence-electron chi connectivity index (χ4n) is 1.52. The van der Waals surface area contributed by atoms with Gasteiger partial charge in [0.2, 0.25) is 23.8 Å². The van der Waals surface area contributed by atoms with E-state index in [1.54, 1.807) is 11.9 Å². The number of carbonyl (C=O) groups is 1. The van der Waals surface area contributed by atoms with Crippen molar-refractivity contribution in [1.82, 2.24) is 20.3 Å². The third-order valence-corrected chi connectivity index (χ3v) is 2.40. The highest BCUT2D eigenvalue weighted by Gasteiger charge is 2.13. The van der Waals surface area contributed by atoms with Gasteiger partial charge in [-0.2, -0.15) is 15.0 Å². The van der Waals surface area contributed by atoms with Crippen LogP contribution in [0.4, 0.5) is 17.8 Å². The third-order valence-electron chi connectivity index (χ3n) is 2.40. The Morgan fingerprint density at radius 1 is 1.14 bits per heavy atom. The maximum absolute atomic E-state index is 11.7. The van der Waals surface area contributed by atoms with Crippen molar-refractivity contribution >= 4 is 23.8 Å². The summed E-state index contributed by atoms with van der Waals surface area (Å²) in [6.07, 6.45) is 0.356. The zero-order valence-electron chi connectivity index (χ0n) is 13.6. The molecule has 118 valence electrons. The smallest absolute Gasteiger partial charge is 0.231 e. The molecule has 1 amide bonds. The molecule has 0 aliphatic rings. The molecule has 0 spiro atoms. The normalized spacial score (nSPS) is 11.0. The standard InChI is InChI=1S/C13H25N7O/c1-13(2,3)19-9(21)7-8-15-11-16-10(14-4)17-12(18-11)20(5)6/h7-8H2,1-6H3,(H,19,21)(H2,14,15,16,17,18). The summed E-state index contributed by atoms with van der Waals surface area (Å²) in [5, 5.41) is 8.83. The molecule has 0 radical (unpaired) electrons. The van der Waals surface area contributed by atoms with Crippen LogP contribution in [-0.4, -0.2) is 54.1 Å². The van der Waals surface area contributed by atoms with E-state index in [4.69, 9.17) is 0 Å². The van der Waals surface area contributed by atoms with Crippen molar-refractivity contribution in [1.29, 1.82) is 0 Å². The molecule has 0 saturated heterocycles. The van der Waals surface area contributed by atoms with E-state index in [2.05, 4.69) is 30.9 Å². The van der Waals surface area contributed by atoms with Gasteiger partial charge in [0.25, 0.3) is 0 Å². The van der Waals surface area contributed by atoms with Gasteiger partial charge in [0.05, 0.1) is 0 Å². The summed E-state index contributed by atoms with van der Waals surface area (Å²) >= 11 is 0. The molecule has 3 N–H and O–H groups in total. The van der Waals surface area contributed by atoms with E-state index in [1.807, 2.05) is 34.9 Å². The third kappa shape index (κ3) is 6.24. The highest BCUT2D eigenvalue weighted by atomic mass is 16.1. The minimum atomic E-state index is -0.221. The predicted octanol–water partition coefficient (Wildman–Crippen LogP) is 0.696. The number of rotatable bonds is 6. The molecule has 0 unspecified atom stereocenters.